The van der Waals surface area contributed by atoms with Gasteiger partial charge in [0.15, 0.2) is 0 Å². The monoisotopic (exact) mass is 466 g/mol. The first-order chi connectivity index (χ1) is 15.2. The van der Waals surface area contributed by atoms with Gasteiger partial charge in [-0.25, -0.2) is 8.42 Å². The van der Waals surface area contributed by atoms with Crippen LogP contribution in [0.3, 0.4) is 0 Å². The molecule has 0 aliphatic carbocycles. The molecule has 32 heavy (non-hydrogen) atoms. The van der Waals surface area contributed by atoms with Crippen molar-refractivity contribution < 1.29 is 37.1 Å². The van der Waals surface area contributed by atoms with Gasteiger partial charge in [0.1, 0.15) is 18.0 Å². The van der Waals surface area contributed by atoms with E-state index in [1.54, 1.807) is 18.2 Å². The van der Waals surface area contributed by atoms with Gasteiger partial charge in [-0.3, -0.25) is 14.4 Å². The fourth-order valence-electron chi connectivity index (χ4n) is 2.80. The highest BCUT2D eigenvalue weighted by atomic mass is 32.2. The number of methoxy groups -OCH3 is 3. The maximum atomic E-state index is 13.1. The van der Waals surface area contributed by atoms with Crippen LogP contribution in [0.2, 0.25) is 0 Å². The molecule has 0 spiro atoms. The Bertz CT molecular complexity index is 1030. The molecule has 2 aromatic carbocycles. The van der Waals surface area contributed by atoms with E-state index in [1.807, 2.05) is 0 Å². The van der Waals surface area contributed by atoms with Crippen LogP contribution in [0.5, 0.6) is 11.5 Å². The number of ether oxygens (including phenoxy) is 3. The summed E-state index contributed by atoms with van der Waals surface area (Å²) in [6.07, 6.45) is 0. The number of esters is 1. The zero-order chi connectivity index (χ0) is 23.9. The van der Waals surface area contributed by atoms with Gasteiger partial charge < -0.3 is 19.1 Å². The normalized spacial score (nSPS) is 11.2. The molecule has 10 nitrogen and oxygen atoms in total. The first-order valence-electron chi connectivity index (χ1n) is 9.37. The maximum Gasteiger partial charge on any atom is 0.325 e. The number of carbonyl (C=O) groups is 2. The predicted octanol–water partition coefficient (Wildman–Crippen LogP) is 1.70. The molecule has 0 unspecified atom stereocenters. The van der Waals surface area contributed by atoms with E-state index in [0.29, 0.717) is 21.5 Å². The van der Waals surface area contributed by atoms with Gasteiger partial charge in [0.05, 0.1) is 33.3 Å². The van der Waals surface area contributed by atoms with Crippen LogP contribution in [-0.2, 0) is 30.9 Å². The molecule has 0 N–H and O–H groups in total. The molecule has 11 heteroatoms. The summed E-state index contributed by atoms with van der Waals surface area (Å²) in [7, 11) is 2.88. The average molecular weight is 467 g/mol. The van der Waals surface area contributed by atoms with Gasteiger partial charge in [0, 0.05) is 25.2 Å². The molecule has 2 aromatic rings. The van der Waals surface area contributed by atoms with E-state index in [4.69, 9.17) is 19.0 Å². The fraction of sp³-hybridized carbons (Fsp3) is 0.333. The Morgan fingerprint density at radius 1 is 0.906 bits per heavy atom. The van der Waals surface area contributed by atoms with Crippen molar-refractivity contribution in [2.45, 2.75) is 11.4 Å². The van der Waals surface area contributed by atoms with Crippen molar-refractivity contribution in [3.8, 4) is 11.5 Å². The Morgan fingerprint density at radius 2 is 1.47 bits per heavy atom. The van der Waals surface area contributed by atoms with Crippen LogP contribution >= 0.6 is 0 Å². The number of rotatable bonds is 10. The molecule has 0 radical (unpaired) electrons. The summed E-state index contributed by atoms with van der Waals surface area (Å²) in [5, 5.41) is 0. The lowest BCUT2D eigenvalue weighted by molar-refractivity contribution is -0.141. The lowest BCUT2D eigenvalue weighted by Crippen LogP contribution is -2.35. The van der Waals surface area contributed by atoms with Crippen molar-refractivity contribution in [3.05, 3.63) is 53.6 Å². The number of sulfonamides is 1. The van der Waals surface area contributed by atoms with Crippen molar-refractivity contribution in [2.75, 3.05) is 42.0 Å². The van der Waals surface area contributed by atoms with Gasteiger partial charge in [-0.15, -0.1) is 0 Å². The lowest BCUT2D eigenvalue weighted by Gasteiger charge is -2.22. The zero-order valence-corrected chi connectivity index (χ0v) is 19.3. The second-order valence-corrected chi connectivity index (χ2v) is 8.52. The standard InChI is InChI=1S/C21H26N2O8S/c1-22(31-5)32(26,27)19-8-6-16(7-9-19)21(25)23(14-20(24)30-4)13-15-10-17(28-2)12-18(11-15)29-3/h6-12H,13-14H2,1-5H3. The van der Waals surface area contributed by atoms with Crippen LogP contribution in [-0.4, -0.2) is 71.7 Å². The zero-order valence-electron chi connectivity index (χ0n) is 18.5. The van der Waals surface area contributed by atoms with Gasteiger partial charge in [0.2, 0.25) is 0 Å². The number of benzene rings is 2. The Balaban J connectivity index is 2.35. The van der Waals surface area contributed by atoms with Crippen molar-refractivity contribution in [3.63, 3.8) is 0 Å². The van der Waals surface area contributed by atoms with Crippen LogP contribution in [0.15, 0.2) is 47.4 Å². The number of hydrogen-bond acceptors (Lipinski definition) is 8. The highest BCUT2D eigenvalue weighted by Gasteiger charge is 2.23. The summed E-state index contributed by atoms with van der Waals surface area (Å²) in [4.78, 5) is 31.0. The molecular weight excluding hydrogens is 440 g/mol. The van der Waals surface area contributed by atoms with Gasteiger partial charge >= 0.3 is 5.97 Å². The number of carbonyl (C=O) groups excluding carboxylic acids is 2. The van der Waals surface area contributed by atoms with Crippen LogP contribution in [0.1, 0.15) is 15.9 Å². The number of nitrogens with zero attached hydrogens (tertiary/aromatic N) is 2. The molecule has 0 atom stereocenters. The van der Waals surface area contributed by atoms with E-state index in [9.17, 15) is 18.0 Å². The van der Waals surface area contributed by atoms with Crippen molar-refractivity contribution in [1.82, 2.24) is 9.37 Å². The molecule has 0 heterocycles. The minimum atomic E-state index is -3.85. The Kier molecular flexibility index (Phi) is 8.58. The number of hydroxylamine groups is 1. The molecule has 0 fully saturated rings. The molecule has 1 amide bonds. The maximum absolute atomic E-state index is 13.1. The first-order valence-corrected chi connectivity index (χ1v) is 10.8. The Morgan fingerprint density at radius 3 is 1.94 bits per heavy atom. The third-order valence-electron chi connectivity index (χ3n) is 4.61. The summed E-state index contributed by atoms with van der Waals surface area (Å²) in [6.45, 7) is -0.241. The topological polar surface area (TPSA) is 112 Å². The second kappa shape index (κ2) is 10.9. The Hall–Kier alpha value is -3.15. The van der Waals surface area contributed by atoms with E-state index in [2.05, 4.69) is 0 Å². The van der Waals surface area contributed by atoms with Crippen LogP contribution < -0.4 is 9.47 Å². The minimum Gasteiger partial charge on any atom is -0.497 e. The largest absolute Gasteiger partial charge is 0.497 e. The van der Waals surface area contributed by atoms with E-state index in [1.165, 1.54) is 64.7 Å². The van der Waals surface area contributed by atoms with Crippen LogP contribution in [0.4, 0.5) is 0 Å². The lowest BCUT2D eigenvalue weighted by atomic mass is 10.1. The van der Waals surface area contributed by atoms with Crippen molar-refractivity contribution in [2.24, 2.45) is 0 Å². The summed E-state index contributed by atoms with van der Waals surface area (Å²) >= 11 is 0. The average Bonchev–Trinajstić information content (AvgIpc) is 2.82. The van der Waals surface area contributed by atoms with Gasteiger partial charge in [-0.05, 0) is 42.0 Å². The third kappa shape index (κ3) is 5.96. The molecule has 0 aliphatic heterocycles. The smallest absolute Gasteiger partial charge is 0.325 e. The molecular formula is C21H26N2O8S. The SMILES string of the molecule is COC(=O)CN(Cc1cc(OC)cc(OC)c1)C(=O)c1ccc(S(=O)(=O)N(C)OC)cc1. The summed E-state index contributed by atoms with van der Waals surface area (Å²) in [6, 6.07) is 10.5. The summed E-state index contributed by atoms with van der Waals surface area (Å²) < 4.78 is 40.6. The summed E-state index contributed by atoms with van der Waals surface area (Å²) in [5.74, 6) is -0.0290. The molecule has 2 rings (SSSR count). The van der Waals surface area contributed by atoms with E-state index in [-0.39, 0.29) is 23.5 Å². The molecule has 0 aliphatic rings. The molecule has 174 valence electrons. The number of amides is 1. The minimum absolute atomic E-state index is 0.0459. The third-order valence-corrected chi connectivity index (χ3v) is 6.31. The molecule has 0 bridgehead atoms. The van der Waals surface area contributed by atoms with Gasteiger partial charge in [-0.1, -0.05) is 4.47 Å². The molecule has 0 saturated heterocycles. The number of hydrogen-bond donors (Lipinski definition) is 0. The first kappa shape index (κ1) is 25.1. The highest BCUT2D eigenvalue weighted by molar-refractivity contribution is 7.89. The summed E-state index contributed by atoms with van der Waals surface area (Å²) in [5.41, 5.74) is 0.863. The Labute approximate surface area is 187 Å². The van der Waals surface area contributed by atoms with E-state index < -0.39 is 21.9 Å². The van der Waals surface area contributed by atoms with E-state index in [0.717, 1.165) is 0 Å². The van der Waals surface area contributed by atoms with Gasteiger partial charge in [0.25, 0.3) is 15.9 Å². The predicted molar refractivity (Wildman–Crippen MR) is 115 cm³/mol. The highest BCUT2D eigenvalue weighted by Crippen LogP contribution is 2.24. The van der Waals surface area contributed by atoms with E-state index >= 15 is 0 Å². The molecule has 0 saturated carbocycles. The quantitative estimate of drug-likeness (QED) is 0.384. The van der Waals surface area contributed by atoms with Crippen LogP contribution in [0.25, 0.3) is 0 Å². The molecule has 0 aromatic heterocycles. The van der Waals surface area contributed by atoms with Crippen LogP contribution in [0, 0.1) is 0 Å². The van der Waals surface area contributed by atoms with Crippen molar-refractivity contribution >= 4 is 21.9 Å². The van der Waals surface area contributed by atoms with Gasteiger partial charge in [-0.2, -0.15) is 0 Å². The second-order valence-electron chi connectivity index (χ2n) is 6.58. The fourth-order valence-corrected chi connectivity index (χ4v) is 3.77. The van der Waals surface area contributed by atoms with Crippen molar-refractivity contribution in [1.29, 1.82) is 0 Å².